The fourth-order valence-electron chi connectivity index (χ4n) is 3.05. The lowest BCUT2D eigenvalue weighted by Crippen LogP contribution is -2.23. The van der Waals surface area contributed by atoms with Crippen molar-refractivity contribution in [2.45, 2.75) is 53.4 Å². The highest BCUT2D eigenvalue weighted by Crippen LogP contribution is 2.43. The average Bonchev–Trinajstić information content (AvgIpc) is 2.16. The SMILES string of the molecule is [2H][C@@]1(C)CC[C@@H](C(C)C)C2=C1CCC(C)=C2. The largest absolute Gasteiger partial charge is 0.0727 e. The Balaban J connectivity index is 2.44. The zero-order valence-corrected chi connectivity index (χ0v) is 10.6. The van der Waals surface area contributed by atoms with E-state index in [9.17, 15) is 0 Å². The van der Waals surface area contributed by atoms with Gasteiger partial charge in [-0.25, -0.2) is 0 Å². The van der Waals surface area contributed by atoms with Crippen LogP contribution in [0.5, 0.6) is 0 Å². The molecule has 0 nitrogen and oxygen atoms in total. The molecule has 0 spiro atoms. The second-order valence-electron chi connectivity index (χ2n) is 5.59. The van der Waals surface area contributed by atoms with Crippen molar-refractivity contribution in [2.24, 2.45) is 17.7 Å². The molecule has 2 atom stereocenters. The number of allylic oxidation sites excluding steroid dienone is 4. The zero-order chi connectivity index (χ0) is 11.9. The standard InChI is InChI=1S/C15H24/c1-10(2)13-8-6-12(4)14-7-5-11(3)9-15(13)14/h9-10,12-13H,5-8H2,1-4H3/t12-,13+/m1/s1/i12D. The topological polar surface area (TPSA) is 0 Å². The summed E-state index contributed by atoms with van der Waals surface area (Å²) in [7, 11) is 0. The van der Waals surface area contributed by atoms with E-state index >= 15 is 0 Å². The van der Waals surface area contributed by atoms with Gasteiger partial charge >= 0.3 is 0 Å². The maximum absolute atomic E-state index is 8.46. The molecule has 0 radical (unpaired) electrons. The van der Waals surface area contributed by atoms with Crippen LogP contribution in [0.15, 0.2) is 22.8 Å². The average molecular weight is 205 g/mol. The van der Waals surface area contributed by atoms with E-state index in [0.29, 0.717) is 11.8 Å². The zero-order valence-electron chi connectivity index (χ0n) is 11.6. The van der Waals surface area contributed by atoms with Crippen molar-refractivity contribution < 1.29 is 1.37 Å². The maximum atomic E-state index is 8.46. The van der Waals surface area contributed by atoms with Gasteiger partial charge in [-0.1, -0.05) is 38.0 Å². The fraction of sp³-hybridized carbons (Fsp3) is 0.733. The Morgan fingerprint density at radius 2 is 2.07 bits per heavy atom. The second kappa shape index (κ2) is 4.15. The van der Waals surface area contributed by atoms with Gasteiger partial charge in [0.15, 0.2) is 0 Å². The number of rotatable bonds is 1. The minimum absolute atomic E-state index is 0.294. The molecule has 2 aliphatic rings. The van der Waals surface area contributed by atoms with Gasteiger partial charge in [-0.3, -0.25) is 0 Å². The van der Waals surface area contributed by atoms with Crippen LogP contribution in [0.2, 0.25) is 0 Å². The first-order chi connectivity index (χ1) is 7.42. The number of hydrogen-bond acceptors (Lipinski definition) is 0. The van der Waals surface area contributed by atoms with Crippen LogP contribution in [-0.2, 0) is 0 Å². The van der Waals surface area contributed by atoms with E-state index in [0.717, 1.165) is 19.3 Å². The molecule has 2 rings (SSSR count). The summed E-state index contributed by atoms with van der Waals surface area (Å²) in [6, 6.07) is 0. The van der Waals surface area contributed by atoms with E-state index in [4.69, 9.17) is 1.37 Å². The molecule has 84 valence electrons. The van der Waals surface area contributed by atoms with Gasteiger partial charge in [-0.2, -0.15) is 0 Å². The summed E-state index contributed by atoms with van der Waals surface area (Å²) in [6.45, 7) is 8.98. The Morgan fingerprint density at radius 3 is 2.73 bits per heavy atom. The van der Waals surface area contributed by atoms with Crippen LogP contribution in [0.25, 0.3) is 0 Å². The minimum Gasteiger partial charge on any atom is -0.0727 e. The lowest BCUT2D eigenvalue weighted by molar-refractivity contribution is 0.349. The third-order valence-electron chi connectivity index (χ3n) is 4.07. The Morgan fingerprint density at radius 1 is 1.33 bits per heavy atom. The van der Waals surface area contributed by atoms with Crippen LogP contribution in [0.4, 0.5) is 0 Å². The van der Waals surface area contributed by atoms with Gasteiger partial charge in [0.2, 0.25) is 0 Å². The lowest BCUT2D eigenvalue weighted by atomic mass is 9.69. The molecule has 0 heterocycles. The van der Waals surface area contributed by atoms with Gasteiger partial charge in [-0.15, -0.1) is 0 Å². The molecule has 15 heavy (non-hydrogen) atoms. The summed E-state index contributed by atoms with van der Waals surface area (Å²) in [5, 5.41) is 0. The van der Waals surface area contributed by atoms with Crippen molar-refractivity contribution in [3.05, 3.63) is 22.8 Å². The Hall–Kier alpha value is -0.520. The highest BCUT2D eigenvalue weighted by molar-refractivity contribution is 5.37. The summed E-state index contributed by atoms with van der Waals surface area (Å²) < 4.78 is 8.46. The summed E-state index contributed by atoms with van der Waals surface area (Å²) in [6.07, 6.45) is 6.91. The molecular weight excluding hydrogens is 180 g/mol. The molecule has 0 aromatic rings. The van der Waals surface area contributed by atoms with E-state index < -0.39 is 0 Å². The Kier molecular flexibility index (Phi) is 2.68. The van der Waals surface area contributed by atoms with E-state index in [1.165, 1.54) is 23.1 Å². The summed E-state index contributed by atoms with van der Waals surface area (Å²) in [4.78, 5) is 0. The van der Waals surface area contributed by atoms with Crippen molar-refractivity contribution in [1.29, 1.82) is 0 Å². The van der Waals surface area contributed by atoms with E-state index in [2.05, 4.69) is 33.8 Å². The van der Waals surface area contributed by atoms with Gasteiger partial charge in [0.25, 0.3) is 0 Å². The van der Waals surface area contributed by atoms with Crippen LogP contribution < -0.4 is 0 Å². The van der Waals surface area contributed by atoms with Crippen molar-refractivity contribution >= 4 is 0 Å². The van der Waals surface area contributed by atoms with Crippen LogP contribution >= 0.6 is 0 Å². The van der Waals surface area contributed by atoms with E-state index in [1.54, 1.807) is 0 Å². The van der Waals surface area contributed by atoms with Crippen LogP contribution in [-0.4, -0.2) is 0 Å². The predicted octanol–water partition coefficient (Wildman–Crippen LogP) is 4.73. The smallest absolute Gasteiger partial charge is 0.0346 e. The summed E-state index contributed by atoms with van der Waals surface area (Å²) in [5.74, 6) is 1.12. The second-order valence-corrected chi connectivity index (χ2v) is 5.59. The third-order valence-corrected chi connectivity index (χ3v) is 4.07. The first-order valence-corrected chi connectivity index (χ1v) is 6.32. The highest BCUT2D eigenvalue weighted by Gasteiger charge is 2.29. The molecule has 0 N–H and O–H groups in total. The molecule has 0 saturated carbocycles. The van der Waals surface area contributed by atoms with E-state index in [-0.39, 0.29) is 5.89 Å². The van der Waals surface area contributed by atoms with Crippen molar-refractivity contribution in [3.8, 4) is 0 Å². The monoisotopic (exact) mass is 205 g/mol. The van der Waals surface area contributed by atoms with Crippen molar-refractivity contribution in [2.75, 3.05) is 0 Å². The van der Waals surface area contributed by atoms with Crippen LogP contribution in [0.3, 0.4) is 0 Å². The Labute approximate surface area is 95.9 Å². The highest BCUT2D eigenvalue weighted by atomic mass is 14.3. The molecule has 2 aliphatic carbocycles. The normalized spacial score (nSPS) is 37.5. The molecule has 0 amide bonds. The van der Waals surface area contributed by atoms with Gasteiger partial charge in [0.1, 0.15) is 0 Å². The third kappa shape index (κ3) is 2.04. The van der Waals surface area contributed by atoms with E-state index in [1.807, 2.05) is 0 Å². The van der Waals surface area contributed by atoms with Gasteiger partial charge < -0.3 is 0 Å². The molecule has 0 aliphatic heterocycles. The Bertz CT molecular complexity index is 344. The van der Waals surface area contributed by atoms with Crippen LogP contribution in [0, 0.1) is 17.7 Å². The fourth-order valence-corrected chi connectivity index (χ4v) is 3.05. The molecular formula is C15H24. The van der Waals surface area contributed by atoms with Crippen molar-refractivity contribution in [1.82, 2.24) is 0 Å². The molecule has 0 saturated heterocycles. The van der Waals surface area contributed by atoms with Gasteiger partial charge in [0.05, 0.1) is 0 Å². The number of hydrogen-bond donors (Lipinski definition) is 0. The molecule has 0 aromatic carbocycles. The summed E-state index contributed by atoms with van der Waals surface area (Å²) >= 11 is 0. The first-order valence-electron chi connectivity index (χ1n) is 6.82. The van der Waals surface area contributed by atoms with Crippen LogP contribution in [0.1, 0.15) is 54.7 Å². The molecule has 0 unspecified atom stereocenters. The van der Waals surface area contributed by atoms with Crippen molar-refractivity contribution in [3.63, 3.8) is 0 Å². The quantitative estimate of drug-likeness (QED) is 0.581. The molecule has 0 bridgehead atoms. The molecule has 0 heteroatoms. The minimum atomic E-state index is -0.294. The van der Waals surface area contributed by atoms with Gasteiger partial charge in [-0.05, 0) is 55.9 Å². The lowest BCUT2D eigenvalue weighted by Gasteiger charge is -2.36. The molecule has 0 fully saturated rings. The summed E-state index contributed by atoms with van der Waals surface area (Å²) in [5.41, 5.74) is 4.45. The maximum Gasteiger partial charge on any atom is 0.0346 e. The molecule has 0 aromatic heterocycles. The predicted molar refractivity (Wildman–Crippen MR) is 66.7 cm³/mol. The van der Waals surface area contributed by atoms with Gasteiger partial charge in [0, 0.05) is 1.37 Å². The first kappa shape index (κ1) is 9.69.